The van der Waals surface area contributed by atoms with Crippen LogP contribution in [0.2, 0.25) is 0 Å². The van der Waals surface area contributed by atoms with E-state index in [1.807, 2.05) is 13.8 Å². The normalized spacial score (nSPS) is 19.2. The molecule has 1 heterocycles. The molecule has 4 atom stereocenters. The number of unbranched alkanes of at least 4 members (excludes halogenated alkanes) is 1. The number of carboxylic acid groups (broad SMARTS) is 1. The number of rotatable bonds is 12. The Labute approximate surface area is 184 Å². The Balaban J connectivity index is 2.92. The van der Waals surface area contributed by atoms with Crippen molar-refractivity contribution in [3.8, 4) is 0 Å². The molecule has 31 heavy (non-hydrogen) atoms. The lowest BCUT2D eigenvalue weighted by molar-refractivity contribution is -0.144. The van der Waals surface area contributed by atoms with Gasteiger partial charge in [0.15, 0.2) is 0 Å². The molecule has 3 amide bonds. The summed E-state index contributed by atoms with van der Waals surface area (Å²) < 4.78 is 0. The fourth-order valence-electron chi connectivity index (χ4n) is 3.58. The average molecular weight is 442 g/mol. The van der Waals surface area contributed by atoms with Gasteiger partial charge in [-0.3, -0.25) is 14.4 Å². The summed E-state index contributed by atoms with van der Waals surface area (Å²) in [7, 11) is 0. The number of carbonyl (C=O) groups excluding carboxylic acids is 3. The fourth-order valence-corrected chi connectivity index (χ4v) is 3.58. The molecule has 10 nitrogen and oxygen atoms in total. The maximum absolute atomic E-state index is 13.0. The van der Waals surface area contributed by atoms with Crippen LogP contribution in [0.15, 0.2) is 0 Å². The van der Waals surface area contributed by atoms with Gasteiger partial charge in [0, 0.05) is 6.54 Å². The Morgan fingerprint density at radius 2 is 1.71 bits per heavy atom. The van der Waals surface area contributed by atoms with Crippen molar-refractivity contribution in [1.82, 2.24) is 15.5 Å². The Morgan fingerprint density at radius 3 is 2.23 bits per heavy atom. The molecule has 0 radical (unpaired) electrons. The topological polar surface area (TPSA) is 168 Å². The fraction of sp³-hybridized carbons (Fsp3) is 0.810. The molecule has 0 spiro atoms. The van der Waals surface area contributed by atoms with Crippen LogP contribution < -0.4 is 22.1 Å². The van der Waals surface area contributed by atoms with E-state index in [1.54, 1.807) is 13.8 Å². The molecule has 1 fully saturated rings. The molecule has 0 aromatic carbocycles. The van der Waals surface area contributed by atoms with Crippen LogP contribution in [-0.4, -0.2) is 71.0 Å². The maximum atomic E-state index is 13.0. The summed E-state index contributed by atoms with van der Waals surface area (Å²) in [5.41, 5.74) is 11.5. The molecule has 1 rings (SSSR count). The van der Waals surface area contributed by atoms with Crippen molar-refractivity contribution in [3.05, 3.63) is 0 Å². The van der Waals surface area contributed by atoms with Gasteiger partial charge in [0.25, 0.3) is 0 Å². The van der Waals surface area contributed by atoms with Gasteiger partial charge in [0.1, 0.15) is 18.1 Å². The number of likely N-dealkylation sites (tertiary alicyclic amines) is 1. The highest BCUT2D eigenvalue weighted by atomic mass is 16.4. The van der Waals surface area contributed by atoms with Crippen molar-refractivity contribution in [2.24, 2.45) is 23.3 Å². The van der Waals surface area contributed by atoms with E-state index in [1.165, 1.54) is 4.90 Å². The molecule has 0 aromatic heterocycles. The summed E-state index contributed by atoms with van der Waals surface area (Å²) >= 11 is 0. The van der Waals surface area contributed by atoms with Crippen molar-refractivity contribution >= 4 is 23.7 Å². The molecule has 10 heteroatoms. The van der Waals surface area contributed by atoms with Crippen molar-refractivity contribution in [2.75, 3.05) is 13.1 Å². The summed E-state index contributed by atoms with van der Waals surface area (Å²) in [5.74, 6) is -2.77. The molecular formula is C21H39N5O5. The van der Waals surface area contributed by atoms with Crippen LogP contribution in [-0.2, 0) is 19.2 Å². The highest BCUT2D eigenvalue weighted by Gasteiger charge is 2.38. The Hall–Kier alpha value is -2.20. The van der Waals surface area contributed by atoms with Crippen molar-refractivity contribution in [2.45, 2.75) is 84.0 Å². The molecule has 7 N–H and O–H groups in total. The van der Waals surface area contributed by atoms with Gasteiger partial charge in [-0.05, 0) is 50.5 Å². The van der Waals surface area contributed by atoms with Gasteiger partial charge in [-0.1, -0.05) is 27.7 Å². The minimum absolute atomic E-state index is 0.0596. The largest absolute Gasteiger partial charge is 0.480 e. The Morgan fingerprint density at radius 1 is 1.06 bits per heavy atom. The summed E-state index contributed by atoms with van der Waals surface area (Å²) in [6.07, 6.45) is 2.76. The minimum atomic E-state index is -1.13. The first-order chi connectivity index (χ1) is 14.5. The first kappa shape index (κ1) is 26.8. The summed E-state index contributed by atoms with van der Waals surface area (Å²) in [4.78, 5) is 51.4. The Kier molecular flexibility index (Phi) is 10.9. The zero-order chi connectivity index (χ0) is 23.7. The molecule has 178 valence electrons. The number of nitrogens with two attached hydrogens (primary N) is 2. The molecule has 1 saturated heterocycles. The van der Waals surface area contributed by atoms with Crippen LogP contribution in [0.3, 0.4) is 0 Å². The average Bonchev–Trinajstić information content (AvgIpc) is 3.19. The van der Waals surface area contributed by atoms with Crippen LogP contribution in [0.4, 0.5) is 0 Å². The van der Waals surface area contributed by atoms with E-state index in [0.717, 1.165) is 0 Å². The van der Waals surface area contributed by atoms with Crippen LogP contribution in [0.25, 0.3) is 0 Å². The summed E-state index contributed by atoms with van der Waals surface area (Å²) in [5, 5.41) is 14.6. The lowest BCUT2D eigenvalue weighted by atomic mass is 10.0. The van der Waals surface area contributed by atoms with E-state index < -0.39 is 42.0 Å². The van der Waals surface area contributed by atoms with E-state index in [0.29, 0.717) is 45.2 Å². The quantitative estimate of drug-likeness (QED) is 0.261. The minimum Gasteiger partial charge on any atom is -0.480 e. The van der Waals surface area contributed by atoms with Gasteiger partial charge in [0.05, 0.1) is 6.04 Å². The third kappa shape index (κ3) is 7.77. The summed E-state index contributed by atoms with van der Waals surface area (Å²) in [6, 6.07) is -3.35. The molecule has 0 aromatic rings. The zero-order valence-electron chi connectivity index (χ0n) is 19.1. The molecule has 4 unspecified atom stereocenters. The van der Waals surface area contributed by atoms with E-state index in [9.17, 15) is 24.3 Å². The predicted octanol–water partition coefficient (Wildman–Crippen LogP) is -0.200. The van der Waals surface area contributed by atoms with E-state index in [-0.39, 0.29) is 17.7 Å². The van der Waals surface area contributed by atoms with Crippen LogP contribution in [0, 0.1) is 11.8 Å². The van der Waals surface area contributed by atoms with E-state index in [2.05, 4.69) is 10.6 Å². The van der Waals surface area contributed by atoms with Crippen molar-refractivity contribution in [3.63, 3.8) is 0 Å². The van der Waals surface area contributed by atoms with Crippen molar-refractivity contribution in [1.29, 1.82) is 0 Å². The first-order valence-corrected chi connectivity index (χ1v) is 11.1. The van der Waals surface area contributed by atoms with Crippen molar-refractivity contribution < 1.29 is 24.3 Å². The van der Waals surface area contributed by atoms with Gasteiger partial charge < -0.3 is 32.1 Å². The predicted molar refractivity (Wildman–Crippen MR) is 117 cm³/mol. The zero-order valence-corrected chi connectivity index (χ0v) is 19.1. The number of carbonyl (C=O) groups is 4. The molecule has 0 saturated carbocycles. The third-order valence-electron chi connectivity index (χ3n) is 5.65. The number of hydrogen-bond donors (Lipinski definition) is 5. The second-order valence-electron chi connectivity index (χ2n) is 8.87. The van der Waals surface area contributed by atoms with Gasteiger partial charge in [-0.15, -0.1) is 0 Å². The number of hydrogen-bond acceptors (Lipinski definition) is 6. The van der Waals surface area contributed by atoms with Crippen LogP contribution in [0.1, 0.15) is 59.8 Å². The Bertz CT molecular complexity index is 640. The molecule has 1 aliphatic rings. The van der Waals surface area contributed by atoms with Crippen LogP contribution >= 0.6 is 0 Å². The van der Waals surface area contributed by atoms with Gasteiger partial charge in [-0.2, -0.15) is 0 Å². The summed E-state index contributed by atoms with van der Waals surface area (Å²) in [6.45, 7) is 7.97. The standard InChI is InChI=1S/C21H39N5O5/c1-12(2)16(23)20(29)26-11-7-9-15(26)19(28)24-14(8-5-6-10-22)18(27)25-17(13(3)4)21(30)31/h12-17H,5-11,22-23H2,1-4H3,(H,24,28)(H,25,27)(H,30,31). The number of amides is 3. The highest BCUT2D eigenvalue weighted by molar-refractivity contribution is 5.94. The lowest BCUT2D eigenvalue weighted by Crippen LogP contribution is -2.57. The SMILES string of the molecule is CC(C)C(N)C(=O)N1CCCC1C(=O)NC(CCCCN)C(=O)NC(C(=O)O)C(C)C. The number of nitrogens with one attached hydrogen (secondary N) is 2. The van der Waals surface area contributed by atoms with Gasteiger partial charge in [0.2, 0.25) is 17.7 Å². The number of aliphatic carboxylic acids is 1. The molecule has 0 bridgehead atoms. The first-order valence-electron chi connectivity index (χ1n) is 11.1. The van der Waals surface area contributed by atoms with E-state index in [4.69, 9.17) is 11.5 Å². The lowest BCUT2D eigenvalue weighted by Gasteiger charge is -2.29. The number of carboxylic acids is 1. The molecule has 1 aliphatic heterocycles. The monoisotopic (exact) mass is 441 g/mol. The number of nitrogens with zero attached hydrogens (tertiary/aromatic N) is 1. The third-order valence-corrected chi connectivity index (χ3v) is 5.65. The van der Waals surface area contributed by atoms with Gasteiger partial charge >= 0.3 is 5.97 Å². The molecular weight excluding hydrogens is 402 g/mol. The second kappa shape index (κ2) is 12.6. The highest BCUT2D eigenvalue weighted by Crippen LogP contribution is 2.20. The second-order valence-corrected chi connectivity index (χ2v) is 8.87. The molecule has 0 aliphatic carbocycles. The smallest absolute Gasteiger partial charge is 0.326 e. The van der Waals surface area contributed by atoms with Crippen LogP contribution in [0.5, 0.6) is 0 Å². The van der Waals surface area contributed by atoms with E-state index >= 15 is 0 Å². The maximum Gasteiger partial charge on any atom is 0.326 e. The van der Waals surface area contributed by atoms with Gasteiger partial charge in [-0.25, -0.2) is 4.79 Å².